The lowest BCUT2D eigenvalue weighted by molar-refractivity contribution is 0.0960. The molecule has 1 rings (SSSR count). The number of nitrogens with zero attached hydrogens (tertiary/aromatic N) is 1. The van der Waals surface area contributed by atoms with Crippen molar-refractivity contribution >= 4 is 6.09 Å². The van der Waals surface area contributed by atoms with E-state index in [1.54, 1.807) is 4.90 Å². The molecule has 0 aromatic rings. The maximum absolute atomic E-state index is 11.8. The molecule has 0 aliphatic carbocycles. The van der Waals surface area contributed by atoms with Crippen molar-refractivity contribution in [1.82, 2.24) is 10.2 Å². The van der Waals surface area contributed by atoms with Gasteiger partial charge in [-0.2, -0.15) is 0 Å². The Labute approximate surface area is 156 Å². The van der Waals surface area contributed by atoms with Crippen LogP contribution in [-0.4, -0.2) is 43.8 Å². The van der Waals surface area contributed by atoms with E-state index in [0.29, 0.717) is 6.61 Å². The Bertz CT molecular complexity index is 304. The fourth-order valence-corrected chi connectivity index (χ4v) is 3.39. The lowest BCUT2D eigenvalue weighted by Crippen LogP contribution is -2.46. The normalized spacial score (nSPS) is 14.7. The van der Waals surface area contributed by atoms with Gasteiger partial charge in [-0.05, 0) is 6.42 Å². The number of unbranched alkanes of at least 4 members (excludes halogenated alkanes) is 13. The summed E-state index contributed by atoms with van der Waals surface area (Å²) in [7, 11) is 0. The van der Waals surface area contributed by atoms with E-state index in [-0.39, 0.29) is 6.09 Å². The first-order chi connectivity index (χ1) is 12.3. The highest BCUT2D eigenvalue weighted by Gasteiger charge is 2.16. The van der Waals surface area contributed by atoms with Crippen LogP contribution in [0.15, 0.2) is 0 Å². The fraction of sp³-hybridized carbons (Fsp3) is 0.952. The highest BCUT2D eigenvalue weighted by atomic mass is 16.6. The van der Waals surface area contributed by atoms with Crippen LogP contribution in [0.1, 0.15) is 96.8 Å². The molecule has 0 bridgehead atoms. The van der Waals surface area contributed by atoms with Gasteiger partial charge in [0.2, 0.25) is 0 Å². The molecular weight excluding hydrogens is 312 g/mol. The van der Waals surface area contributed by atoms with Crippen molar-refractivity contribution in [3.05, 3.63) is 0 Å². The molecule has 1 N–H and O–H groups in total. The molecule has 25 heavy (non-hydrogen) atoms. The molecule has 4 heteroatoms. The highest BCUT2D eigenvalue weighted by Crippen LogP contribution is 2.13. The number of piperazine rings is 1. The van der Waals surface area contributed by atoms with Crippen molar-refractivity contribution < 1.29 is 9.53 Å². The van der Waals surface area contributed by atoms with Gasteiger partial charge >= 0.3 is 6.09 Å². The Morgan fingerprint density at radius 2 is 1.20 bits per heavy atom. The van der Waals surface area contributed by atoms with Crippen LogP contribution in [0.25, 0.3) is 0 Å². The second kappa shape index (κ2) is 16.7. The van der Waals surface area contributed by atoms with Gasteiger partial charge in [-0.15, -0.1) is 0 Å². The van der Waals surface area contributed by atoms with Crippen molar-refractivity contribution in [1.29, 1.82) is 0 Å². The maximum Gasteiger partial charge on any atom is 0.409 e. The second-order valence-electron chi connectivity index (χ2n) is 7.45. The van der Waals surface area contributed by atoms with Gasteiger partial charge in [0.25, 0.3) is 0 Å². The van der Waals surface area contributed by atoms with E-state index in [4.69, 9.17) is 4.74 Å². The number of hydrogen-bond donors (Lipinski definition) is 1. The van der Waals surface area contributed by atoms with Gasteiger partial charge in [-0.25, -0.2) is 4.79 Å². The molecule has 0 saturated carbocycles. The lowest BCUT2D eigenvalue weighted by atomic mass is 10.0. The summed E-state index contributed by atoms with van der Waals surface area (Å²) < 4.78 is 5.35. The predicted molar refractivity (Wildman–Crippen MR) is 106 cm³/mol. The summed E-state index contributed by atoms with van der Waals surface area (Å²) in [4.78, 5) is 13.6. The van der Waals surface area contributed by atoms with Crippen LogP contribution in [0, 0.1) is 0 Å². The Hall–Kier alpha value is -0.770. The minimum absolute atomic E-state index is 0.129. The Morgan fingerprint density at radius 1 is 0.760 bits per heavy atom. The van der Waals surface area contributed by atoms with Crippen LogP contribution in [0.2, 0.25) is 0 Å². The smallest absolute Gasteiger partial charge is 0.409 e. The van der Waals surface area contributed by atoms with Gasteiger partial charge in [-0.1, -0.05) is 90.4 Å². The molecule has 1 fully saturated rings. The zero-order valence-corrected chi connectivity index (χ0v) is 16.7. The van der Waals surface area contributed by atoms with E-state index < -0.39 is 0 Å². The SMILES string of the molecule is CCCCCCCCCCCCCCCCOC(=O)N1CCNCC1. The minimum Gasteiger partial charge on any atom is -0.449 e. The van der Waals surface area contributed by atoms with E-state index in [1.165, 1.54) is 83.5 Å². The molecule has 1 aliphatic rings. The molecule has 1 aliphatic heterocycles. The van der Waals surface area contributed by atoms with Gasteiger partial charge < -0.3 is 15.0 Å². The summed E-state index contributed by atoms with van der Waals surface area (Å²) in [5, 5.41) is 3.24. The summed E-state index contributed by atoms with van der Waals surface area (Å²) in [5.41, 5.74) is 0. The summed E-state index contributed by atoms with van der Waals surface area (Å²) in [6, 6.07) is 0. The Morgan fingerprint density at radius 3 is 1.68 bits per heavy atom. The average molecular weight is 355 g/mol. The van der Waals surface area contributed by atoms with Crippen molar-refractivity contribution in [3.63, 3.8) is 0 Å². The van der Waals surface area contributed by atoms with Crippen LogP contribution in [0.4, 0.5) is 4.79 Å². The third-order valence-electron chi connectivity index (χ3n) is 5.10. The molecule has 148 valence electrons. The van der Waals surface area contributed by atoms with Gasteiger partial charge in [0.05, 0.1) is 6.61 Å². The van der Waals surface area contributed by atoms with Gasteiger partial charge in [0.15, 0.2) is 0 Å². The highest BCUT2D eigenvalue weighted by molar-refractivity contribution is 5.67. The first kappa shape index (κ1) is 22.3. The minimum atomic E-state index is -0.129. The first-order valence-electron chi connectivity index (χ1n) is 11.0. The van der Waals surface area contributed by atoms with Crippen LogP contribution < -0.4 is 5.32 Å². The van der Waals surface area contributed by atoms with Crippen LogP contribution in [0.3, 0.4) is 0 Å². The van der Waals surface area contributed by atoms with Gasteiger partial charge in [0.1, 0.15) is 0 Å². The Kier molecular flexibility index (Phi) is 14.9. The van der Waals surface area contributed by atoms with Gasteiger partial charge in [-0.3, -0.25) is 0 Å². The molecule has 0 atom stereocenters. The fourth-order valence-electron chi connectivity index (χ4n) is 3.39. The monoisotopic (exact) mass is 354 g/mol. The standard InChI is InChI=1S/C21H42N2O2/c1-2-3-4-5-6-7-8-9-10-11-12-13-14-15-20-25-21(24)23-18-16-22-17-19-23/h22H,2-20H2,1H3. The number of ether oxygens (including phenoxy) is 1. The van der Waals surface area contributed by atoms with Crippen LogP contribution in [-0.2, 0) is 4.74 Å². The second-order valence-corrected chi connectivity index (χ2v) is 7.45. The van der Waals surface area contributed by atoms with E-state index in [9.17, 15) is 4.79 Å². The molecule has 0 unspecified atom stereocenters. The average Bonchev–Trinajstić information content (AvgIpc) is 2.65. The predicted octanol–water partition coefficient (Wildman–Crippen LogP) is 5.51. The molecule has 1 amide bonds. The molecular formula is C21H42N2O2. The molecule has 0 spiro atoms. The zero-order valence-electron chi connectivity index (χ0n) is 16.7. The number of carbonyl (C=O) groups excluding carboxylic acids is 1. The summed E-state index contributed by atoms with van der Waals surface area (Å²) in [6.07, 6.45) is 18.8. The number of rotatable bonds is 15. The molecule has 0 aromatic heterocycles. The molecule has 1 saturated heterocycles. The number of amides is 1. The third kappa shape index (κ3) is 13.1. The summed E-state index contributed by atoms with van der Waals surface area (Å²) >= 11 is 0. The number of hydrogen-bond acceptors (Lipinski definition) is 3. The van der Waals surface area contributed by atoms with Crippen molar-refractivity contribution in [3.8, 4) is 0 Å². The quantitative estimate of drug-likeness (QED) is 0.394. The first-order valence-corrected chi connectivity index (χ1v) is 11.0. The van der Waals surface area contributed by atoms with Crippen molar-refractivity contribution in [2.24, 2.45) is 0 Å². The van der Waals surface area contributed by atoms with E-state index >= 15 is 0 Å². The molecule has 0 radical (unpaired) electrons. The zero-order chi connectivity index (χ0) is 18.0. The third-order valence-corrected chi connectivity index (χ3v) is 5.10. The largest absolute Gasteiger partial charge is 0.449 e. The van der Waals surface area contributed by atoms with E-state index in [2.05, 4.69) is 12.2 Å². The molecule has 0 aromatic carbocycles. The van der Waals surface area contributed by atoms with Crippen molar-refractivity contribution in [2.45, 2.75) is 96.8 Å². The Balaban J connectivity index is 1.73. The number of carbonyl (C=O) groups is 1. The summed E-state index contributed by atoms with van der Waals surface area (Å²) in [6.45, 7) is 6.18. The molecule has 4 nitrogen and oxygen atoms in total. The van der Waals surface area contributed by atoms with E-state index in [0.717, 1.165) is 32.6 Å². The molecule has 1 heterocycles. The van der Waals surface area contributed by atoms with Crippen LogP contribution in [0.5, 0.6) is 0 Å². The number of nitrogens with one attached hydrogen (secondary N) is 1. The lowest BCUT2D eigenvalue weighted by Gasteiger charge is -2.26. The summed E-state index contributed by atoms with van der Waals surface area (Å²) in [5.74, 6) is 0. The topological polar surface area (TPSA) is 41.6 Å². The van der Waals surface area contributed by atoms with Crippen molar-refractivity contribution in [2.75, 3.05) is 32.8 Å². The maximum atomic E-state index is 11.8. The van der Waals surface area contributed by atoms with Gasteiger partial charge in [0, 0.05) is 26.2 Å². The van der Waals surface area contributed by atoms with Crippen LogP contribution >= 0.6 is 0 Å². The van der Waals surface area contributed by atoms with E-state index in [1.807, 2.05) is 0 Å².